The van der Waals surface area contributed by atoms with Gasteiger partial charge in [-0.1, -0.05) is 50.8 Å². The number of anilines is 1. The van der Waals surface area contributed by atoms with Crippen molar-refractivity contribution in [3.05, 3.63) is 78.8 Å². The van der Waals surface area contributed by atoms with Gasteiger partial charge < -0.3 is 19.4 Å². The van der Waals surface area contributed by atoms with Crippen LogP contribution in [0.25, 0.3) is 0 Å². The lowest BCUT2D eigenvalue weighted by Gasteiger charge is -2.22. The molecule has 0 unspecified atom stereocenters. The van der Waals surface area contributed by atoms with Gasteiger partial charge in [-0.25, -0.2) is 0 Å². The van der Waals surface area contributed by atoms with Gasteiger partial charge in [0.2, 0.25) is 5.91 Å². The van der Waals surface area contributed by atoms with Crippen LogP contribution in [0.4, 0.5) is 5.69 Å². The highest BCUT2D eigenvalue weighted by Crippen LogP contribution is 2.25. The summed E-state index contributed by atoms with van der Waals surface area (Å²) in [6, 6.07) is 20.3. The summed E-state index contributed by atoms with van der Waals surface area (Å²) >= 11 is 0. The van der Waals surface area contributed by atoms with Crippen LogP contribution in [-0.2, 0) is 4.79 Å². The van der Waals surface area contributed by atoms with Crippen LogP contribution in [0.3, 0.4) is 0 Å². The minimum atomic E-state index is -0.219. The molecule has 0 saturated carbocycles. The standard InChI is InChI=1S/C28H34N2O4/c1-2-3-4-5-9-15-27(31)29-20-11-21-30(28(32)26-14-10-22-33-26)23-16-18-25(19-17-23)34-24-12-7-6-8-13-24/h6-8,10,12-14,16-19,22H,2-5,9,11,15,20-21H2,1H3,(H,29,31). The maximum Gasteiger partial charge on any atom is 0.293 e. The molecule has 1 heterocycles. The van der Waals surface area contributed by atoms with Crippen molar-refractivity contribution in [1.82, 2.24) is 5.32 Å². The molecule has 6 nitrogen and oxygen atoms in total. The van der Waals surface area contributed by atoms with Crippen molar-refractivity contribution in [2.75, 3.05) is 18.0 Å². The van der Waals surface area contributed by atoms with Crippen LogP contribution in [0, 0.1) is 0 Å². The number of nitrogens with zero attached hydrogens (tertiary/aromatic N) is 1. The summed E-state index contributed by atoms with van der Waals surface area (Å²) < 4.78 is 11.2. The molecule has 3 rings (SSSR count). The normalized spacial score (nSPS) is 10.6. The summed E-state index contributed by atoms with van der Waals surface area (Å²) in [5.74, 6) is 1.57. The number of hydrogen-bond acceptors (Lipinski definition) is 4. The summed E-state index contributed by atoms with van der Waals surface area (Å²) in [5, 5.41) is 2.97. The first-order valence-corrected chi connectivity index (χ1v) is 12.1. The van der Waals surface area contributed by atoms with Crippen LogP contribution >= 0.6 is 0 Å². The number of rotatable bonds is 14. The van der Waals surface area contributed by atoms with E-state index in [1.54, 1.807) is 17.0 Å². The number of carbonyl (C=O) groups is 2. The molecule has 0 fully saturated rings. The quantitative estimate of drug-likeness (QED) is 0.275. The average Bonchev–Trinajstić information content (AvgIpc) is 3.40. The fourth-order valence-electron chi connectivity index (χ4n) is 3.64. The second kappa shape index (κ2) is 13.9. The number of unbranched alkanes of at least 4 members (excludes halogenated alkanes) is 4. The van der Waals surface area contributed by atoms with E-state index in [4.69, 9.17) is 9.15 Å². The van der Waals surface area contributed by atoms with Crippen molar-refractivity contribution in [2.45, 2.75) is 51.9 Å². The number of para-hydroxylation sites is 1. The van der Waals surface area contributed by atoms with Gasteiger partial charge >= 0.3 is 0 Å². The van der Waals surface area contributed by atoms with Crippen LogP contribution < -0.4 is 15.0 Å². The smallest absolute Gasteiger partial charge is 0.293 e. The number of carbonyl (C=O) groups excluding carboxylic acids is 2. The van der Waals surface area contributed by atoms with E-state index < -0.39 is 0 Å². The molecule has 6 heteroatoms. The molecule has 34 heavy (non-hydrogen) atoms. The minimum Gasteiger partial charge on any atom is -0.459 e. The zero-order chi connectivity index (χ0) is 24.0. The topological polar surface area (TPSA) is 71.8 Å². The van der Waals surface area contributed by atoms with Gasteiger partial charge in [-0.15, -0.1) is 0 Å². The highest BCUT2D eigenvalue weighted by Gasteiger charge is 2.20. The Labute approximate surface area is 201 Å². The Morgan fingerprint density at radius 3 is 2.29 bits per heavy atom. The van der Waals surface area contributed by atoms with Gasteiger partial charge in [0, 0.05) is 25.2 Å². The van der Waals surface area contributed by atoms with E-state index in [0.717, 1.165) is 24.3 Å². The molecule has 180 valence electrons. The van der Waals surface area contributed by atoms with Gasteiger partial charge in [-0.05, 0) is 61.4 Å². The molecule has 0 radical (unpaired) electrons. The van der Waals surface area contributed by atoms with Crippen LogP contribution in [0.15, 0.2) is 77.4 Å². The molecular weight excluding hydrogens is 428 g/mol. The first kappa shape index (κ1) is 25.1. The second-order valence-corrected chi connectivity index (χ2v) is 8.21. The van der Waals surface area contributed by atoms with Crippen molar-refractivity contribution in [2.24, 2.45) is 0 Å². The summed E-state index contributed by atoms with van der Waals surface area (Å²) in [7, 11) is 0. The zero-order valence-electron chi connectivity index (χ0n) is 19.9. The molecule has 0 aliphatic heterocycles. The first-order valence-electron chi connectivity index (χ1n) is 12.1. The number of furan rings is 1. The number of amides is 2. The molecule has 0 spiro atoms. The van der Waals surface area contributed by atoms with Crippen LogP contribution in [0.1, 0.15) is 62.4 Å². The van der Waals surface area contributed by atoms with Crippen LogP contribution in [-0.4, -0.2) is 24.9 Å². The van der Waals surface area contributed by atoms with E-state index in [1.807, 2.05) is 54.6 Å². The molecule has 0 atom stereocenters. The number of ether oxygens (including phenoxy) is 1. The van der Waals surface area contributed by atoms with Gasteiger partial charge in [0.05, 0.1) is 6.26 Å². The average molecular weight is 463 g/mol. The van der Waals surface area contributed by atoms with Gasteiger partial charge in [0.1, 0.15) is 11.5 Å². The Hall–Kier alpha value is -3.54. The Kier molecular flexibility index (Phi) is 10.2. The van der Waals surface area contributed by atoms with Crippen molar-refractivity contribution >= 4 is 17.5 Å². The minimum absolute atomic E-state index is 0.0721. The van der Waals surface area contributed by atoms with E-state index in [0.29, 0.717) is 31.7 Å². The maximum absolute atomic E-state index is 13.1. The van der Waals surface area contributed by atoms with Gasteiger partial charge in [-0.3, -0.25) is 9.59 Å². The fourth-order valence-corrected chi connectivity index (χ4v) is 3.64. The van der Waals surface area contributed by atoms with Crippen LogP contribution in [0.5, 0.6) is 11.5 Å². The molecule has 0 aliphatic rings. The molecule has 1 N–H and O–H groups in total. The first-order chi connectivity index (χ1) is 16.7. The number of nitrogens with one attached hydrogen (secondary N) is 1. The third-order valence-corrected chi connectivity index (χ3v) is 5.49. The Bertz CT molecular complexity index is 985. The Morgan fingerprint density at radius 1 is 0.853 bits per heavy atom. The lowest BCUT2D eigenvalue weighted by Crippen LogP contribution is -2.34. The van der Waals surface area contributed by atoms with Crippen molar-refractivity contribution in [3.8, 4) is 11.5 Å². The molecule has 0 saturated heterocycles. The van der Waals surface area contributed by atoms with E-state index >= 15 is 0 Å². The maximum atomic E-state index is 13.1. The molecule has 0 bridgehead atoms. The van der Waals surface area contributed by atoms with E-state index in [-0.39, 0.29) is 17.6 Å². The molecule has 0 aliphatic carbocycles. The lowest BCUT2D eigenvalue weighted by molar-refractivity contribution is -0.121. The third-order valence-electron chi connectivity index (χ3n) is 5.49. The summed E-state index contributed by atoms with van der Waals surface area (Å²) in [6.07, 6.45) is 8.30. The van der Waals surface area contributed by atoms with Gasteiger partial charge in [-0.2, -0.15) is 0 Å². The summed E-state index contributed by atoms with van der Waals surface area (Å²) in [4.78, 5) is 26.8. The molecule has 3 aromatic rings. The fraction of sp³-hybridized carbons (Fsp3) is 0.357. The lowest BCUT2D eigenvalue weighted by atomic mass is 10.1. The highest BCUT2D eigenvalue weighted by molar-refractivity contribution is 6.04. The Balaban J connectivity index is 1.54. The highest BCUT2D eigenvalue weighted by atomic mass is 16.5. The number of benzene rings is 2. The molecule has 2 aromatic carbocycles. The summed E-state index contributed by atoms with van der Waals surface area (Å²) in [6.45, 7) is 3.15. The third kappa shape index (κ3) is 8.10. The van der Waals surface area contributed by atoms with E-state index in [9.17, 15) is 9.59 Å². The SMILES string of the molecule is CCCCCCCC(=O)NCCCN(C(=O)c1ccco1)c1ccc(Oc2ccccc2)cc1. The predicted molar refractivity (Wildman–Crippen MR) is 134 cm³/mol. The van der Waals surface area contributed by atoms with Crippen molar-refractivity contribution in [3.63, 3.8) is 0 Å². The van der Waals surface area contributed by atoms with Crippen molar-refractivity contribution in [1.29, 1.82) is 0 Å². The largest absolute Gasteiger partial charge is 0.459 e. The Morgan fingerprint density at radius 2 is 1.59 bits per heavy atom. The van der Waals surface area contributed by atoms with E-state index in [2.05, 4.69) is 12.2 Å². The summed E-state index contributed by atoms with van der Waals surface area (Å²) in [5.41, 5.74) is 0.740. The van der Waals surface area contributed by atoms with Crippen LogP contribution in [0.2, 0.25) is 0 Å². The molecule has 1 aromatic heterocycles. The monoisotopic (exact) mass is 462 g/mol. The van der Waals surface area contributed by atoms with E-state index in [1.165, 1.54) is 25.5 Å². The molecular formula is C28H34N2O4. The molecule has 2 amide bonds. The van der Waals surface area contributed by atoms with Gasteiger partial charge in [0.25, 0.3) is 5.91 Å². The van der Waals surface area contributed by atoms with Crippen molar-refractivity contribution < 1.29 is 18.7 Å². The van der Waals surface area contributed by atoms with Gasteiger partial charge in [0.15, 0.2) is 5.76 Å². The zero-order valence-corrected chi connectivity index (χ0v) is 19.9. The predicted octanol–water partition coefficient (Wildman–Crippen LogP) is 6.59. The second-order valence-electron chi connectivity index (χ2n) is 8.21. The number of hydrogen-bond donors (Lipinski definition) is 1.